The van der Waals surface area contributed by atoms with E-state index in [0.717, 1.165) is 10.4 Å². The molecule has 0 spiro atoms. The molecular formula is C14H12FN3O2S. The van der Waals surface area contributed by atoms with Crippen molar-refractivity contribution < 1.29 is 12.8 Å². The van der Waals surface area contributed by atoms with Crippen LogP contribution in [0, 0.1) is 17.1 Å². The molecule has 0 aliphatic carbocycles. The van der Waals surface area contributed by atoms with Gasteiger partial charge in [-0.1, -0.05) is 6.07 Å². The molecule has 0 heterocycles. The fraction of sp³-hybridized carbons (Fsp3) is 0.0714. The maximum atomic E-state index is 13.2. The fourth-order valence-electron chi connectivity index (χ4n) is 1.82. The van der Waals surface area contributed by atoms with Crippen molar-refractivity contribution in [3.63, 3.8) is 0 Å². The molecule has 108 valence electrons. The number of nitrogens with two attached hydrogens (primary N) is 1. The zero-order valence-corrected chi connectivity index (χ0v) is 11.9. The molecule has 0 unspecified atom stereocenters. The van der Waals surface area contributed by atoms with Gasteiger partial charge < -0.3 is 5.73 Å². The SMILES string of the molecule is CN(c1cccc(F)c1)S(=O)(=O)c1ccc(N)cc1C#N. The van der Waals surface area contributed by atoms with Gasteiger partial charge in [-0.2, -0.15) is 5.26 Å². The van der Waals surface area contributed by atoms with Crippen LogP contribution >= 0.6 is 0 Å². The number of anilines is 2. The van der Waals surface area contributed by atoms with Gasteiger partial charge in [0.25, 0.3) is 10.0 Å². The van der Waals surface area contributed by atoms with Crippen LogP contribution in [0.25, 0.3) is 0 Å². The number of hydrogen-bond donors (Lipinski definition) is 1. The van der Waals surface area contributed by atoms with E-state index >= 15 is 0 Å². The van der Waals surface area contributed by atoms with Crippen LogP contribution in [0.5, 0.6) is 0 Å². The van der Waals surface area contributed by atoms with Gasteiger partial charge in [0.2, 0.25) is 0 Å². The summed E-state index contributed by atoms with van der Waals surface area (Å²) < 4.78 is 39.2. The van der Waals surface area contributed by atoms with E-state index in [1.807, 2.05) is 0 Å². The zero-order valence-electron chi connectivity index (χ0n) is 11.1. The Morgan fingerprint density at radius 3 is 2.57 bits per heavy atom. The first-order chi connectivity index (χ1) is 9.86. The van der Waals surface area contributed by atoms with E-state index in [0.29, 0.717) is 5.69 Å². The van der Waals surface area contributed by atoms with Crippen LogP contribution in [0.2, 0.25) is 0 Å². The molecule has 0 atom stereocenters. The van der Waals surface area contributed by atoms with Crippen LogP contribution in [0.1, 0.15) is 5.56 Å². The van der Waals surface area contributed by atoms with Crippen LogP contribution in [0.15, 0.2) is 47.4 Å². The summed E-state index contributed by atoms with van der Waals surface area (Å²) in [5.41, 5.74) is 5.94. The van der Waals surface area contributed by atoms with Crippen molar-refractivity contribution in [2.45, 2.75) is 4.90 Å². The quantitative estimate of drug-likeness (QED) is 0.880. The normalized spacial score (nSPS) is 10.9. The predicted molar refractivity (Wildman–Crippen MR) is 77.6 cm³/mol. The lowest BCUT2D eigenvalue weighted by atomic mass is 10.2. The molecule has 5 nitrogen and oxygen atoms in total. The number of halogens is 1. The largest absolute Gasteiger partial charge is 0.399 e. The van der Waals surface area contributed by atoms with Gasteiger partial charge in [-0.15, -0.1) is 0 Å². The number of nitrogen functional groups attached to an aromatic ring is 1. The second-order valence-electron chi connectivity index (χ2n) is 4.32. The standard InChI is InChI=1S/C14H12FN3O2S/c1-18(13-4-2-3-11(15)8-13)21(19,20)14-6-5-12(17)7-10(14)9-16/h2-8H,17H2,1H3. The number of benzene rings is 2. The summed E-state index contributed by atoms with van der Waals surface area (Å²) in [7, 11) is -2.69. The average Bonchev–Trinajstić information content (AvgIpc) is 2.45. The molecular weight excluding hydrogens is 293 g/mol. The highest BCUT2D eigenvalue weighted by molar-refractivity contribution is 7.92. The third-order valence-electron chi connectivity index (χ3n) is 2.93. The average molecular weight is 305 g/mol. The molecule has 2 rings (SSSR count). The van der Waals surface area contributed by atoms with E-state index in [4.69, 9.17) is 11.0 Å². The molecule has 0 amide bonds. The van der Waals surface area contributed by atoms with Gasteiger partial charge in [-0.3, -0.25) is 4.31 Å². The van der Waals surface area contributed by atoms with E-state index in [1.54, 1.807) is 6.07 Å². The molecule has 21 heavy (non-hydrogen) atoms. The molecule has 0 radical (unpaired) electrons. The van der Waals surface area contributed by atoms with Gasteiger partial charge in [0, 0.05) is 12.7 Å². The highest BCUT2D eigenvalue weighted by Crippen LogP contribution is 2.25. The van der Waals surface area contributed by atoms with Gasteiger partial charge in [0.1, 0.15) is 16.8 Å². The van der Waals surface area contributed by atoms with Crippen molar-refractivity contribution in [1.82, 2.24) is 0 Å². The summed E-state index contributed by atoms with van der Waals surface area (Å²) in [6.07, 6.45) is 0. The maximum Gasteiger partial charge on any atom is 0.265 e. The Labute approximate surface area is 122 Å². The Kier molecular flexibility index (Phi) is 3.82. The molecule has 2 N–H and O–H groups in total. The van der Waals surface area contributed by atoms with Gasteiger partial charge in [0.15, 0.2) is 0 Å². The lowest BCUT2D eigenvalue weighted by Gasteiger charge is -2.20. The Morgan fingerprint density at radius 2 is 1.95 bits per heavy atom. The number of nitrogens with zero attached hydrogens (tertiary/aromatic N) is 2. The highest BCUT2D eigenvalue weighted by atomic mass is 32.2. The van der Waals surface area contributed by atoms with E-state index < -0.39 is 15.8 Å². The summed E-state index contributed by atoms with van der Waals surface area (Å²) in [5.74, 6) is -0.549. The smallest absolute Gasteiger partial charge is 0.265 e. The van der Waals surface area contributed by atoms with Crippen molar-refractivity contribution in [3.8, 4) is 6.07 Å². The Morgan fingerprint density at radius 1 is 1.24 bits per heavy atom. The molecule has 2 aromatic carbocycles. The Balaban J connectivity index is 2.55. The molecule has 0 aliphatic rings. The maximum absolute atomic E-state index is 13.2. The lowest BCUT2D eigenvalue weighted by Crippen LogP contribution is -2.27. The van der Waals surface area contributed by atoms with Crippen LogP contribution < -0.4 is 10.0 Å². The predicted octanol–water partition coefficient (Wildman–Crippen LogP) is 2.10. The second-order valence-corrected chi connectivity index (χ2v) is 6.26. The van der Waals surface area contributed by atoms with Crippen LogP contribution in [0.3, 0.4) is 0 Å². The first-order valence-electron chi connectivity index (χ1n) is 5.90. The van der Waals surface area contributed by atoms with Gasteiger partial charge in [0.05, 0.1) is 11.3 Å². The van der Waals surface area contributed by atoms with E-state index in [9.17, 15) is 12.8 Å². The summed E-state index contributed by atoms with van der Waals surface area (Å²) >= 11 is 0. The van der Waals surface area contributed by atoms with Crippen molar-refractivity contribution in [2.24, 2.45) is 0 Å². The zero-order chi connectivity index (χ0) is 15.6. The fourth-order valence-corrected chi connectivity index (χ4v) is 3.13. The topological polar surface area (TPSA) is 87.2 Å². The molecule has 7 heteroatoms. The van der Waals surface area contributed by atoms with Crippen molar-refractivity contribution >= 4 is 21.4 Å². The molecule has 2 aromatic rings. The number of sulfonamides is 1. The molecule has 0 bridgehead atoms. The van der Waals surface area contributed by atoms with E-state index in [2.05, 4.69) is 0 Å². The van der Waals surface area contributed by atoms with Gasteiger partial charge >= 0.3 is 0 Å². The van der Waals surface area contributed by atoms with Crippen LogP contribution in [-0.4, -0.2) is 15.5 Å². The van der Waals surface area contributed by atoms with Crippen molar-refractivity contribution in [1.29, 1.82) is 5.26 Å². The Hall–Kier alpha value is -2.59. The Bertz CT molecular complexity index is 828. The lowest BCUT2D eigenvalue weighted by molar-refractivity contribution is 0.593. The first-order valence-corrected chi connectivity index (χ1v) is 7.34. The molecule has 0 aliphatic heterocycles. The minimum absolute atomic E-state index is 0.0572. The number of nitriles is 1. The van der Waals surface area contributed by atoms with Gasteiger partial charge in [-0.25, -0.2) is 12.8 Å². The summed E-state index contributed by atoms with van der Waals surface area (Å²) in [5, 5.41) is 9.05. The van der Waals surface area contributed by atoms with E-state index in [1.165, 1.54) is 43.4 Å². The highest BCUT2D eigenvalue weighted by Gasteiger charge is 2.24. The number of rotatable bonds is 3. The number of hydrogen-bond acceptors (Lipinski definition) is 4. The van der Waals surface area contributed by atoms with E-state index in [-0.39, 0.29) is 16.1 Å². The summed E-state index contributed by atoms with van der Waals surface area (Å²) in [6.45, 7) is 0. The minimum Gasteiger partial charge on any atom is -0.399 e. The third-order valence-corrected chi connectivity index (χ3v) is 4.78. The molecule has 0 saturated heterocycles. The third kappa shape index (κ3) is 2.80. The second kappa shape index (κ2) is 5.42. The van der Waals surface area contributed by atoms with Crippen LogP contribution in [-0.2, 0) is 10.0 Å². The molecule has 0 saturated carbocycles. The summed E-state index contributed by atoms with van der Waals surface area (Å²) in [6, 6.07) is 10.9. The van der Waals surface area contributed by atoms with Crippen molar-refractivity contribution in [2.75, 3.05) is 17.1 Å². The monoisotopic (exact) mass is 305 g/mol. The molecule has 0 fully saturated rings. The summed E-state index contributed by atoms with van der Waals surface area (Å²) in [4.78, 5) is -0.175. The molecule has 0 aromatic heterocycles. The van der Waals surface area contributed by atoms with Gasteiger partial charge in [-0.05, 0) is 36.4 Å². The minimum atomic E-state index is -3.98. The first kappa shape index (κ1) is 14.8. The van der Waals surface area contributed by atoms with Crippen LogP contribution in [0.4, 0.5) is 15.8 Å². The van der Waals surface area contributed by atoms with Crippen molar-refractivity contribution in [3.05, 3.63) is 53.8 Å².